The second kappa shape index (κ2) is 6.68. The first kappa shape index (κ1) is 15.5. The summed E-state index contributed by atoms with van der Waals surface area (Å²) in [5, 5.41) is 1.83. The molecule has 0 fully saturated rings. The molecule has 0 saturated heterocycles. The first-order valence-corrected chi connectivity index (χ1v) is 7.17. The minimum atomic E-state index is -0.235. The highest BCUT2D eigenvalue weighted by Gasteiger charge is 2.14. The van der Waals surface area contributed by atoms with Crippen molar-refractivity contribution in [1.82, 2.24) is 0 Å². The molecule has 1 atom stereocenters. The Hall–Kier alpha value is -0.930. The molecule has 0 aromatic heterocycles. The van der Waals surface area contributed by atoms with Crippen molar-refractivity contribution in [2.24, 2.45) is 5.73 Å². The van der Waals surface area contributed by atoms with Gasteiger partial charge in [0.05, 0.1) is 7.11 Å². The highest BCUT2D eigenvalue weighted by Crippen LogP contribution is 2.31. The fourth-order valence-corrected chi connectivity index (χ4v) is 2.67. The Balaban J connectivity index is 2.25. The van der Waals surface area contributed by atoms with Gasteiger partial charge in [-0.3, -0.25) is 0 Å². The fourth-order valence-electron chi connectivity index (χ4n) is 2.03. The molecule has 2 nitrogen and oxygen atoms in total. The summed E-state index contributed by atoms with van der Waals surface area (Å²) >= 11 is 18.0. The Morgan fingerprint density at radius 3 is 2.35 bits per heavy atom. The monoisotopic (exact) mass is 329 g/mol. The van der Waals surface area contributed by atoms with Crippen molar-refractivity contribution < 1.29 is 4.74 Å². The molecule has 0 radical (unpaired) electrons. The Labute approximate surface area is 133 Å². The van der Waals surface area contributed by atoms with Crippen LogP contribution in [0, 0.1) is 0 Å². The van der Waals surface area contributed by atoms with Gasteiger partial charge in [0.15, 0.2) is 0 Å². The summed E-state index contributed by atoms with van der Waals surface area (Å²) in [5.41, 5.74) is 8.08. The van der Waals surface area contributed by atoms with E-state index in [1.54, 1.807) is 31.4 Å². The van der Waals surface area contributed by atoms with Gasteiger partial charge >= 0.3 is 0 Å². The molecule has 2 aromatic carbocycles. The first-order chi connectivity index (χ1) is 9.51. The van der Waals surface area contributed by atoms with Crippen LogP contribution >= 0.6 is 34.8 Å². The zero-order valence-corrected chi connectivity index (χ0v) is 13.1. The predicted molar refractivity (Wildman–Crippen MR) is 85.1 cm³/mol. The number of rotatable bonds is 4. The molecular weight excluding hydrogens is 317 g/mol. The van der Waals surface area contributed by atoms with Gasteiger partial charge < -0.3 is 10.5 Å². The second-order valence-electron chi connectivity index (χ2n) is 4.43. The van der Waals surface area contributed by atoms with E-state index in [9.17, 15) is 0 Å². The SMILES string of the molecule is COc1cc(Cl)ccc1C(N)Cc1ccc(Cl)cc1Cl. The van der Waals surface area contributed by atoms with Crippen LogP contribution in [0.25, 0.3) is 0 Å². The minimum absolute atomic E-state index is 0.235. The van der Waals surface area contributed by atoms with E-state index >= 15 is 0 Å². The molecule has 0 aliphatic rings. The molecule has 2 aromatic rings. The van der Waals surface area contributed by atoms with Crippen LogP contribution in [0.4, 0.5) is 0 Å². The average Bonchev–Trinajstić information content (AvgIpc) is 2.41. The van der Waals surface area contributed by atoms with Crippen molar-refractivity contribution in [2.75, 3.05) is 7.11 Å². The molecule has 0 saturated carbocycles. The molecule has 2 rings (SSSR count). The van der Waals surface area contributed by atoms with Crippen molar-refractivity contribution in [3.63, 3.8) is 0 Å². The van der Waals surface area contributed by atoms with Crippen LogP contribution in [0.2, 0.25) is 15.1 Å². The van der Waals surface area contributed by atoms with E-state index in [4.69, 9.17) is 45.3 Å². The lowest BCUT2D eigenvalue weighted by Gasteiger charge is -2.17. The molecule has 0 aliphatic carbocycles. The lowest BCUT2D eigenvalue weighted by Crippen LogP contribution is -2.14. The molecule has 106 valence electrons. The van der Waals surface area contributed by atoms with Gasteiger partial charge in [-0.25, -0.2) is 0 Å². The quantitative estimate of drug-likeness (QED) is 0.865. The maximum absolute atomic E-state index is 6.25. The van der Waals surface area contributed by atoms with Crippen LogP contribution in [0.5, 0.6) is 5.75 Å². The molecule has 20 heavy (non-hydrogen) atoms. The molecule has 0 bridgehead atoms. The Kier molecular flexibility index (Phi) is 5.17. The van der Waals surface area contributed by atoms with Crippen molar-refractivity contribution in [3.05, 3.63) is 62.6 Å². The Morgan fingerprint density at radius 1 is 1.05 bits per heavy atom. The summed E-state index contributed by atoms with van der Waals surface area (Å²) in [7, 11) is 1.59. The van der Waals surface area contributed by atoms with E-state index in [0.29, 0.717) is 27.2 Å². The van der Waals surface area contributed by atoms with Crippen molar-refractivity contribution in [3.8, 4) is 5.75 Å². The van der Waals surface area contributed by atoms with Crippen LogP contribution in [0.3, 0.4) is 0 Å². The summed E-state index contributed by atoms with van der Waals surface area (Å²) in [5.74, 6) is 0.676. The van der Waals surface area contributed by atoms with Gasteiger partial charge in [0, 0.05) is 26.7 Å². The van der Waals surface area contributed by atoms with Crippen LogP contribution in [0.1, 0.15) is 17.2 Å². The molecule has 0 heterocycles. The molecule has 0 spiro atoms. The average molecular weight is 331 g/mol. The minimum Gasteiger partial charge on any atom is -0.496 e. The topological polar surface area (TPSA) is 35.2 Å². The summed E-state index contributed by atoms with van der Waals surface area (Å²) in [4.78, 5) is 0. The number of benzene rings is 2. The van der Waals surface area contributed by atoms with Gasteiger partial charge in [-0.1, -0.05) is 46.9 Å². The lowest BCUT2D eigenvalue weighted by atomic mass is 9.99. The first-order valence-electron chi connectivity index (χ1n) is 6.04. The summed E-state index contributed by atoms with van der Waals surface area (Å²) in [6.07, 6.45) is 0.591. The number of hydrogen-bond donors (Lipinski definition) is 1. The molecule has 2 N–H and O–H groups in total. The van der Waals surface area contributed by atoms with Gasteiger partial charge in [0.25, 0.3) is 0 Å². The van der Waals surface area contributed by atoms with Crippen molar-refractivity contribution in [1.29, 1.82) is 0 Å². The summed E-state index contributed by atoms with van der Waals surface area (Å²) in [6.45, 7) is 0. The molecule has 5 heteroatoms. The van der Waals surface area contributed by atoms with Gasteiger partial charge in [0.2, 0.25) is 0 Å². The van der Waals surface area contributed by atoms with E-state index in [1.165, 1.54) is 0 Å². The number of hydrogen-bond acceptors (Lipinski definition) is 2. The zero-order chi connectivity index (χ0) is 14.7. The van der Waals surface area contributed by atoms with E-state index in [2.05, 4.69) is 0 Å². The van der Waals surface area contributed by atoms with Crippen molar-refractivity contribution in [2.45, 2.75) is 12.5 Å². The van der Waals surface area contributed by atoms with Crippen LogP contribution in [0.15, 0.2) is 36.4 Å². The second-order valence-corrected chi connectivity index (χ2v) is 5.71. The van der Waals surface area contributed by atoms with E-state index in [1.807, 2.05) is 12.1 Å². The standard InChI is InChI=1S/C15H14Cl3NO/c1-20-15-8-11(17)4-5-12(15)14(19)6-9-2-3-10(16)7-13(9)18/h2-5,7-8,14H,6,19H2,1H3. The number of methoxy groups -OCH3 is 1. The van der Waals surface area contributed by atoms with E-state index in [-0.39, 0.29) is 6.04 Å². The van der Waals surface area contributed by atoms with Crippen LogP contribution in [-0.4, -0.2) is 7.11 Å². The molecule has 0 amide bonds. The fraction of sp³-hybridized carbons (Fsp3) is 0.200. The largest absolute Gasteiger partial charge is 0.496 e. The smallest absolute Gasteiger partial charge is 0.125 e. The summed E-state index contributed by atoms with van der Waals surface area (Å²) in [6, 6.07) is 10.6. The summed E-state index contributed by atoms with van der Waals surface area (Å²) < 4.78 is 5.32. The normalized spacial score (nSPS) is 12.2. The number of nitrogens with two attached hydrogens (primary N) is 1. The van der Waals surface area contributed by atoms with Gasteiger partial charge in [-0.05, 0) is 36.2 Å². The number of halogens is 3. The van der Waals surface area contributed by atoms with Crippen molar-refractivity contribution >= 4 is 34.8 Å². The van der Waals surface area contributed by atoms with Gasteiger partial charge in [-0.15, -0.1) is 0 Å². The molecule has 0 aliphatic heterocycles. The maximum atomic E-state index is 6.25. The molecule has 1 unspecified atom stereocenters. The Bertz CT molecular complexity index is 616. The zero-order valence-electron chi connectivity index (χ0n) is 10.9. The third-order valence-corrected chi connectivity index (χ3v) is 3.87. The lowest BCUT2D eigenvalue weighted by molar-refractivity contribution is 0.405. The van der Waals surface area contributed by atoms with E-state index < -0.39 is 0 Å². The Morgan fingerprint density at radius 2 is 1.70 bits per heavy atom. The third kappa shape index (κ3) is 3.58. The van der Waals surface area contributed by atoms with Gasteiger partial charge in [0.1, 0.15) is 5.75 Å². The highest BCUT2D eigenvalue weighted by atomic mass is 35.5. The highest BCUT2D eigenvalue weighted by molar-refractivity contribution is 6.35. The third-order valence-electron chi connectivity index (χ3n) is 3.05. The number of ether oxygens (including phenoxy) is 1. The predicted octanol–water partition coefficient (Wildman–Crippen LogP) is 4.90. The maximum Gasteiger partial charge on any atom is 0.125 e. The van der Waals surface area contributed by atoms with Crippen LogP contribution in [-0.2, 0) is 6.42 Å². The van der Waals surface area contributed by atoms with Crippen LogP contribution < -0.4 is 10.5 Å². The molecular formula is C15H14Cl3NO. The van der Waals surface area contributed by atoms with E-state index in [0.717, 1.165) is 11.1 Å². The van der Waals surface area contributed by atoms with Gasteiger partial charge in [-0.2, -0.15) is 0 Å².